The zero-order valence-electron chi connectivity index (χ0n) is 10.4. The Bertz CT molecular complexity index is 630. The molecule has 2 aromatic heterocycles. The Kier molecular flexibility index (Phi) is 2.44. The van der Waals surface area contributed by atoms with Gasteiger partial charge in [0, 0.05) is 19.1 Å². The Morgan fingerprint density at radius 1 is 1.37 bits per heavy atom. The van der Waals surface area contributed by atoms with E-state index in [1.807, 2.05) is 11.4 Å². The molecule has 0 spiro atoms. The van der Waals surface area contributed by atoms with E-state index in [1.54, 1.807) is 17.7 Å². The van der Waals surface area contributed by atoms with Gasteiger partial charge in [0.15, 0.2) is 0 Å². The van der Waals surface area contributed by atoms with Crippen LogP contribution in [0.25, 0.3) is 10.2 Å². The molecule has 0 aromatic carbocycles. The molecule has 1 aliphatic heterocycles. The maximum Gasteiger partial charge on any atom is 0.226 e. The number of hydrogen-bond donors (Lipinski definition) is 1. The lowest BCUT2D eigenvalue weighted by Crippen LogP contribution is -2.54. The van der Waals surface area contributed by atoms with Crippen LogP contribution in [0.3, 0.4) is 0 Å². The van der Waals surface area contributed by atoms with E-state index in [4.69, 9.17) is 0 Å². The molecule has 3 heterocycles. The fourth-order valence-corrected chi connectivity index (χ4v) is 3.12. The first-order valence-corrected chi connectivity index (χ1v) is 7.43. The molecule has 5 nitrogen and oxygen atoms in total. The molecule has 0 radical (unpaired) electrons. The number of hydrogen-bond acceptors (Lipinski definition) is 5. The first-order valence-electron chi connectivity index (χ1n) is 6.55. The molecule has 0 atom stereocenters. The van der Waals surface area contributed by atoms with Gasteiger partial charge in [-0.25, -0.2) is 9.97 Å². The van der Waals surface area contributed by atoms with Crippen molar-refractivity contribution in [1.29, 1.82) is 0 Å². The van der Waals surface area contributed by atoms with E-state index in [1.165, 1.54) is 0 Å². The number of anilines is 1. The molecule has 4 rings (SSSR count). The Labute approximate surface area is 114 Å². The van der Waals surface area contributed by atoms with Crippen molar-refractivity contribution in [2.45, 2.75) is 18.9 Å². The van der Waals surface area contributed by atoms with Gasteiger partial charge in [-0.15, -0.1) is 11.3 Å². The largest absolute Gasteiger partial charge is 0.354 e. The fourth-order valence-electron chi connectivity index (χ4n) is 2.39. The number of nitrogens with zero attached hydrogens (tertiary/aromatic N) is 3. The normalized spacial score (nSPS) is 19.5. The lowest BCUT2D eigenvalue weighted by molar-refractivity contribution is -0.125. The summed E-state index contributed by atoms with van der Waals surface area (Å²) in [6.45, 7) is 1.53. The standard InChI is InChI=1S/C13H14N4OS/c18-12(16-9-1-2-9)8-5-17(6-8)11-10-3-4-19-13(10)15-7-14-11/h3-4,7-9H,1-2,5-6H2,(H,16,18). The number of amides is 1. The highest BCUT2D eigenvalue weighted by atomic mass is 32.1. The zero-order chi connectivity index (χ0) is 12.8. The molecule has 2 aromatic rings. The second kappa shape index (κ2) is 4.16. The van der Waals surface area contributed by atoms with Crippen molar-refractivity contribution in [3.8, 4) is 0 Å². The first kappa shape index (κ1) is 11.2. The average molecular weight is 274 g/mol. The van der Waals surface area contributed by atoms with Gasteiger partial charge in [-0.3, -0.25) is 4.79 Å². The summed E-state index contributed by atoms with van der Waals surface area (Å²) in [5.41, 5.74) is 0. The zero-order valence-corrected chi connectivity index (χ0v) is 11.2. The summed E-state index contributed by atoms with van der Waals surface area (Å²) in [6, 6.07) is 2.50. The van der Waals surface area contributed by atoms with Crippen LogP contribution in [-0.2, 0) is 4.79 Å². The summed E-state index contributed by atoms with van der Waals surface area (Å²) < 4.78 is 0. The molecule has 0 bridgehead atoms. The predicted octanol–water partition coefficient (Wildman–Crippen LogP) is 1.41. The van der Waals surface area contributed by atoms with E-state index in [0.717, 1.165) is 42.0 Å². The van der Waals surface area contributed by atoms with Gasteiger partial charge in [0.2, 0.25) is 5.91 Å². The van der Waals surface area contributed by atoms with E-state index in [2.05, 4.69) is 20.2 Å². The summed E-state index contributed by atoms with van der Waals surface area (Å²) in [5, 5.41) is 6.18. The average Bonchev–Trinajstić information content (AvgIpc) is 3.02. The van der Waals surface area contributed by atoms with Crippen molar-refractivity contribution in [3.05, 3.63) is 17.8 Å². The van der Waals surface area contributed by atoms with Crippen molar-refractivity contribution in [3.63, 3.8) is 0 Å². The van der Waals surface area contributed by atoms with Crippen LogP contribution in [0.4, 0.5) is 5.82 Å². The minimum atomic E-state index is 0.115. The van der Waals surface area contributed by atoms with Crippen molar-refractivity contribution in [2.24, 2.45) is 5.92 Å². The quantitative estimate of drug-likeness (QED) is 0.919. The number of fused-ring (bicyclic) bond motifs is 1. The molecule has 1 N–H and O–H groups in total. The van der Waals surface area contributed by atoms with Crippen LogP contribution >= 0.6 is 11.3 Å². The van der Waals surface area contributed by atoms with E-state index < -0.39 is 0 Å². The number of thiophene rings is 1. The maximum atomic E-state index is 11.9. The van der Waals surface area contributed by atoms with Gasteiger partial charge < -0.3 is 10.2 Å². The van der Waals surface area contributed by atoms with Gasteiger partial charge in [-0.2, -0.15) is 0 Å². The van der Waals surface area contributed by atoms with Crippen LogP contribution in [0.2, 0.25) is 0 Å². The van der Waals surface area contributed by atoms with Crippen LogP contribution in [0.1, 0.15) is 12.8 Å². The predicted molar refractivity (Wildman–Crippen MR) is 74.3 cm³/mol. The number of carbonyl (C=O) groups is 1. The third kappa shape index (κ3) is 1.96. The van der Waals surface area contributed by atoms with E-state index in [9.17, 15) is 4.79 Å². The smallest absolute Gasteiger partial charge is 0.226 e. The van der Waals surface area contributed by atoms with Crippen LogP contribution in [0, 0.1) is 5.92 Å². The molecule has 1 amide bonds. The van der Waals surface area contributed by atoms with Crippen LogP contribution < -0.4 is 10.2 Å². The minimum absolute atomic E-state index is 0.115. The molecule has 0 unspecified atom stereocenters. The topological polar surface area (TPSA) is 58.1 Å². The van der Waals surface area contributed by atoms with Crippen molar-refractivity contribution < 1.29 is 4.79 Å². The highest BCUT2D eigenvalue weighted by Crippen LogP contribution is 2.31. The highest BCUT2D eigenvalue weighted by Gasteiger charge is 2.36. The molecule has 2 fully saturated rings. The molecule has 1 saturated heterocycles. The second-order valence-corrected chi connectivity index (χ2v) is 6.12. The van der Waals surface area contributed by atoms with Gasteiger partial charge >= 0.3 is 0 Å². The molecule has 1 saturated carbocycles. The van der Waals surface area contributed by atoms with E-state index in [0.29, 0.717) is 6.04 Å². The highest BCUT2D eigenvalue weighted by molar-refractivity contribution is 7.16. The molecule has 1 aliphatic carbocycles. The molecular formula is C13H14N4OS. The third-order valence-corrected chi connectivity index (χ3v) is 4.54. The first-order chi connectivity index (χ1) is 9.31. The van der Waals surface area contributed by atoms with Crippen molar-refractivity contribution >= 4 is 33.3 Å². The Hall–Kier alpha value is -1.69. The van der Waals surface area contributed by atoms with E-state index >= 15 is 0 Å². The Morgan fingerprint density at radius 2 is 2.21 bits per heavy atom. The summed E-state index contributed by atoms with van der Waals surface area (Å²) >= 11 is 1.62. The summed E-state index contributed by atoms with van der Waals surface area (Å²) in [7, 11) is 0. The summed E-state index contributed by atoms with van der Waals surface area (Å²) in [6.07, 6.45) is 3.89. The number of nitrogens with one attached hydrogen (secondary N) is 1. The Balaban J connectivity index is 1.47. The summed E-state index contributed by atoms with van der Waals surface area (Å²) in [4.78, 5) is 23.7. The van der Waals surface area contributed by atoms with Gasteiger partial charge in [0.1, 0.15) is 17.0 Å². The van der Waals surface area contributed by atoms with Gasteiger partial charge in [-0.05, 0) is 24.3 Å². The van der Waals surface area contributed by atoms with Crippen molar-refractivity contribution in [2.75, 3.05) is 18.0 Å². The minimum Gasteiger partial charge on any atom is -0.354 e. The number of rotatable bonds is 3. The SMILES string of the molecule is O=C(NC1CC1)C1CN(c2ncnc3sccc23)C1. The van der Waals surface area contributed by atoms with Crippen LogP contribution in [0.15, 0.2) is 17.8 Å². The molecular weight excluding hydrogens is 260 g/mol. The molecule has 2 aliphatic rings. The fraction of sp³-hybridized carbons (Fsp3) is 0.462. The molecule has 19 heavy (non-hydrogen) atoms. The molecule has 6 heteroatoms. The lowest BCUT2D eigenvalue weighted by atomic mass is 9.99. The Morgan fingerprint density at radius 3 is 3.00 bits per heavy atom. The number of carbonyl (C=O) groups excluding carboxylic acids is 1. The monoisotopic (exact) mass is 274 g/mol. The van der Waals surface area contributed by atoms with E-state index in [-0.39, 0.29) is 11.8 Å². The van der Waals surface area contributed by atoms with Crippen LogP contribution in [-0.4, -0.2) is 35.0 Å². The van der Waals surface area contributed by atoms with Crippen LogP contribution in [0.5, 0.6) is 0 Å². The third-order valence-electron chi connectivity index (χ3n) is 3.72. The number of aromatic nitrogens is 2. The second-order valence-electron chi connectivity index (χ2n) is 5.22. The van der Waals surface area contributed by atoms with Gasteiger partial charge in [-0.1, -0.05) is 0 Å². The lowest BCUT2D eigenvalue weighted by Gasteiger charge is -2.39. The maximum absolute atomic E-state index is 11.9. The van der Waals surface area contributed by atoms with Gasteiger partial charge in [0.25, 0.3) is 0 Å². The van der Waals surface area contributed by atoms with Crippen molar-refractivity contribution in [1.82, 2.24) is 15.3 Å². The van der Waals surface area contributed by atoms with Gasteiger partial charge in [0.05, 0.1) is 11.3 Å². The molecule has 98 valence electrons. The summed E-state index contributed by atoms with van der Waals surface area (Å²) in [5.74, 6) is 1.28.